The number of amides is 1. The molecule has 0 aromatic rings. The summed E-state index contributed by atoms with van der Waals surface area (Å²) < 4.78 is 0. The second-order valence-corrected chi connectivity index (χ2v) is 3.62. The molecule has 0 aliphatic carbocycles. The Labute approximate surface area is 67.0 Å². The van der Waals surface area contributed by atoms with Crippen LogP contribution in [0.5, 0.6) is 0 Å². The molecule has 0 radical (unpaired) electrons. The van der Waals surface area contributed by atoms with Crippen molar-refractivity contribution in [2.24, 2.45) is 0 Å². The van der Waals surface area contributed by atoms with Crippen LogP contribution in [0.15, 0.2) is 0 Å². The first-order chi connectivity index (χ1) is 5.08. The molecule has 0 aromatic carbocycles. The summed E-state index contributed by atoms with van der Waals surface area (Å²) >= 11 is 0. The molecule has 1 saturated heterocycles. The van der Waals surface area contributed by atoms with Crippen molar-refractivity contribution in [3.8, 4) is 0 Å². The molecule has 0 saturated carbocycles. The number of hydrogen-bond acceptors (Lipinski definition) is 2. The molecule has 1 aliphatic heterocycles. The summed E-state index contributed by atoms with van der Waals surface area (Å²) in [6, 6.07) is 0. The molecule has 11 heavy (non-hydrogen) atoms. The molecule has 0 atom stereocenters. The van der Waals surface area contributed by atoms with E-state index in [0.29, 0.717) is 0 Å². The van der Waals surface area contributed by atoms with Gasteiger partial charge in [-0.15, -0.1) is 0 Å². The molecule has 0 aromatic heterocycles. The number of hydrogen-bond donors (Lipinski definition) is 1. The largest absolute Gasteiger partial charge is 0.387 e. The lowest BCUT2D eigenvalue weighted by molar-refractivity contribution is -0.137. The number of likely N-dealkylation sites (tertiary alicyclic amines) is 1. The summed E-state index contributed by atoms with van der Waals surface area (Å²) in [6.45, 7) is 4.51. The summed E-state index contributed by atoms with van der Waals surface area (Å²) in [7, 11) is 0. The van der Waals surface area contributed by atoms with Crippen LogP contribution in [0.25, 0.3) is 0 Å². The van der Waals surface area contributed by atoms with Gasteiger partial charge in [0, 0.05) is 12.1 Å². The third kappa shape index (κ3) is 1.53. The van der Waals surface area contributed by atoms with Gasteiger partial charge >= 0.3 is 0 Å². The fourth-order valence-corrected chi connectivity index (χ4v) is 1.66. The first-order valence-electron chi connectivity index (χ1n) is 3.99. The highest BCUT2D eigenvalue weighted by Crippen LogP contribution is 2.27. The highest BCUT2D eigenvalue weighted by Gasteiger charge is 2.34. The molecule has 0 bridgehead atoms. The zero-order valence-electron chi connectivity index (χ0n) is 7.13. The fourth-order valence-electron chi connectivity index (χ4n) is 1.66. The topological polar surface area (TPSA) is 40.5 Å². The molecule has 1 aliphatic rings. The molecule has 1 N–H and O–H groups in total. The molecular formula is C8H15NO2. The minimum atomic E-state index is -0.358. The molecule has 1 heterocycles. The summed E-state index contributed by atoms with van der Waals surface area (Å²) in [5.74, 6) is -0.146. The van der Waals surface area contributed by atoms with E-state index < -0.39 is 0 Å². The summed E-state index contributed by atoms with van der Waals surface area (Å²) in [6.07, 6.45) is 2.09. The predicted octanol–water partition coefficient (Wildman–Crippen LogP) is 0.380. The Bertz CT molecular complexity index is 165. The van der Waals surface area contributed by atoms with E-state index in [-0.39, 0.29) is 18.1 Å². The van der Waals surface area contributed by atoms with Crippen molar-refractivity contribution >= 4 is 5.91 Å². The first kappa shape index (κ1) is 8.53. The van der Waals surface area contributed by atoms with Crippen molar-refractivity contribution < 1.29 is 9.90 Å². The van der Waals surface area contributed by atoms with Gasteiger partial charge in [0.25, 0.3) is 0 Å². The summed E-state index contributed by atoms with van der Waals surface area (Å²) in [4.78, 5) is 12.9. The minimum absolute atomic E-state index is 0.0419. The molecular weight excluding hydrogens is 142 g/mol. The van der Waals surface area contributed by atoms with Crippen LogP contribution >= 0.6 is 0 Å². The Morgan fingerprint density at radius 1 is 1.64 bits per heavy atom. The van der Waals surface area contributed by atoms with E-state index in [1.807, 2.05) is 13.8 Å². The van der Waals surface area contributed by atoms with Crippen LogP contribution in [-0.4, -0.2) is 34.6 Å². The zero-order valence-corrected chi connectivity index (χ0v) is 7.13. The van der Waals surface area contributed by atoms with Gasteiger partial charge in [0.15, 0.2) is 0 Å². The van der Waals surface area contributed by atoms with Crippen LogP contribution < -0.4 is 0 Å². The van der Waals surface area contributed by atoms with Crippen molar-refractivity contribution in [1.82, 2.24) is 4.90 Å². The summed E-state index contributed by atoms with van der Waals surface area (Å²) in [5.41, 5.74) is -0.0419. The van der Waals surface area contributed by atoms with Gasteiger partial charge in [-0.2, -0.15) is 0 Å². The van der Waals surface area contributed by atoms with Crippen molar-refractivity contribution in [1.29, 1.82) is 0 Å². The minimum Gasteiger partial charge on any atom is -0.387 e. The maximum Gasteiger partial charge on any atom is 0.248 e. The average molecular weight is 157 g/mol. The quantitative estimate of drug-likeness (QED) is 0.597. The molecule has 1 amide bonds. The number of aliphatic hydroxyl groups is 1. The summed E-state index contributed by atoms with van der Waals surface area (Å²) in [5, 5.41) is 8.64. The van der Waals surface area contributed by atoms with Crippen LogP contribution in [0.3, 0.4) is 0 Å². The lowest BCUT2D eigenvalue weighted by Crippen LogP contribution is -2.43. The zero-order chi connectivity index (χ0) is 8.48. The SMILES string of the molecule is CC1(C)CCCN1C(=O)CO. The smallest absolute Gasteiger partial charge is 0.248 e. The van der Waals surface area contributed by atoms with Crippen LogP contribution in [0.4, 0.5) is 0 Å². The van der Waals surface area contributed by atoms with Crippen LogP contribution in [0.2, 0.25) is 0 Å². The normalized spacial score (nSPS) is 22.3. The number of nitrogens with zero attached hydrogens (tertiary/aromatic N) is 1. The molecule has 1 rings (SSSR count). The van der Waals surface area contributed by atoms with Crippen molar-refractivity contribution in [3.63, 3.8) is 0 Å². The standard InChI is InChI=1S/C8H15NO2/c1-8(2)4-3-5-9(8)7(11)6-10/h10H,3-6H2,1-2H3. The van der Waals surface area contributed by atoms with E-state index in [9.17, 15) is 4.79 Å². The predicted molar refractivity (Wildman–Crippen MR) is 42.1 cm³/mol. The van der Waals surface area contributed by atoms with Crippen LogP contribution in [0.1, 0.15) is 26.7 Å². The number of carbonyl (C=O) groups excluding carboxylic acids is 1. The van der Waals surface area contributed by atoms with Gasteiger partial charge < -0.3 is 10.0 Å². The number of rotatable bonds is 1. The van der Waals surface area contributed by atoms with E-state index in [4.69, 9.17) is 5.11 Å². The van der Waals surface area contributed by atoms with Gasteiger partial charge in [0.05, 0.1) is 0 Å². The van der Waals surface area contributed by atoms with Crippen molar-refractivity contribution in [2.45, 2.75) is 32.2 Å². The Balaban J connectivity index is 2.64. The fraction of sp³-hybridized carbons (Fsp3) is 0.875. The molecule has 3 nitrogen and oxygen atoms in total. The molecule has 1 fully saturated rings. The van der Waals surface area contributed by atoms with Gasteiger partial charge in [0.2, 0.25) is 5.91 Å². The Morgan fingerprint density at radius 2 is 2.27 bits per heavy atom. The van der Waals surface area contributed by atoms with Gasteiger partial charge in [-0.3, -0.25) is 4.79 Å². The monoisotopic (exact) mass is 157 g/mol. The van der Waals surface area contributed by atoms with Crippen LogP contribution in [-0.2, 0) is 4.79 Å². The Morgan fingerprint density at radius 3 is 2.64 bits per heavy atom. The second kappa shape index (κ2) is 2.81. The lowest BCUT2D eigenvalue weighted by Gasteiger charge is -2.30. The Kier molecular flexibility index (Phi) is 2.18. The van der Waals surface area contributed by atoms with Crippen molar-refractivity contribution in [2.75, 3.05) is 13.2 Å². The number of aliphatic hydroxyl groups excluding tert-OH is 1. The van der Waals surface area contributed by atoms with E-state index >= 15 is 0 Å². The highest BCUT2D eigenvalue weighted by atomic mass is 16.3. The third-order valence-corrected chi connectivity index (χ3v) is 2.34. The second-order valence-electron chi connectivity index (χ2n) is 3.62. The first-order valence-corrected chi connectivity index (χ1v) is 3.99. The van der Waals surface area contributed by atoms with Crippen molar-refractivity contribution in [3.05, 3.63) is 0 Å². The number of carbonyl (C=O) groups is 1. The maximum absolute atomic E-state index is 11.1. The van der Waals surface area contributed by atoms with Gasteiger partial charge in [-0.25, -0.2) is 0 Å². The van der Waals surface area contributed by atoms with E-state index in [0.717, 1.165) is 19.4 Å². The van der Waals surface area contributed by atoms with Gasteiger partial charge in [-0.05, 0) is 26.7 Å². The maximum atomic E-state index is 11.1. The van der Waals surface area contributed by atoms with Crippen LogP contribution in [0, 0.1) is 0 Å². The van der Waals surface area contributed by atoms with E-state index in [1.165, 1.54) is 0 Å². The van der Waals surface area contributed by atoms with E-state index in [1.54, 1.807) is 4.90 Å². The molecule has 64 valence electrons. The van der Waals surface area contributed by atoms with E-state index in [2.05, 4.69) is 0 Å². The molecule has 3 heteroatoms. The third-order valence-electron chi connectivity index (χ3n) is 2.34. The highest BCUT2D eigenvalue weighted by molar-refractivity contribution is 5.78. The van der Waals surface area contributed by atoms with Gasteiger partial charge in [-0.1, -0.05) is 0 Å². The molecule has 0 spiro atoms. The lowest BCUT2D eigenvalue weighted by atomic mass is 10.0. The molecule has 0 unspecified atom stereocenters. The van der Waals surface area contributed by atoms with Gasteiger partial charge in [0.1, 0.15) is 6.61 Å². The average Bonchev–Trinajstić information content (AvgIpc) is 2.28. The Hall–Kier alpha value is -0.570.